The molecule has 4 heterocycles. The van der Waals surface area contributed by atoms with Crippen LogP contribution in [-0.4, -0.2) is 26.4 Å². The molecule has 0 amide bonds. The summed E-state index contributed by atoms with van der Waals surface area (Å²) in [5, 5.41) is 2.86. The monoisotopic (exact) mass is 322 g/mol. The Kier molecular flexibility index (Phi) is 2.55. The van der Waals surface area contributed by atoms with Crippen LogP contribution in [0.15, 0.2) is 52.1 Å². The molecule has 0 saturated heterocycles. The van der Waals surface area contributed by atoms with Gasteiger partial charge in [0, 0.05) is 17.8 Å². The van der Waals surface area contributed by atoms with Crippen LogP contribution in [0.5, 0.6) is 11.5 Å². The number of rotatable bonds is 2. The smallest absolute Gasteiger partial charge is 0.273 e. The molecule has 8 nitrogen and oxygen atoms in total. The minimum atomic E-state index is -0.231. The highest BCUT2D eigenvalue weighted by Crippen LogP contribution is 2.35. The third-order valence-corrected chi connectivity index (χ3v) is 3.83. The van der Waals surface area contributed by atoms with E-state index in [1.54, 1.807) is 24.5 Å². The highest BCUT2D eigenvalue weighted by atomic mass is 16.7. The minimum absolute atomic E-state index is 0.194. The first-order valence-corrected chi connectivity index (χ1v) is 7.21. The molecule has 0 spiro atoms. The second-order valence-corrected chi connectivity index (χ2v) is 5.23. The summed E-state index contributed by atoms with van der Waals surface area (Å²) in [6.45, 7) is 0.194. The number of ether oxygens (including phenoxy) is 2. The summed E-state index contributed by atoms with van der Waals surface area (Å²) >= 11 is 0. The van der Waals surface area contributed by atoms with Gasteiger partial charge in [-0.15, -0.1) is 0 Å². The van der Waals surface area contributed by atoms with E-state index >= 15 is 0 Å². The highest BCUT2D eigenvalue weighted by Gasteiger charge is 2.17. The maximum atomic E-state index is 12.4. The van der Waals surface area contributed by atoms with Crippen molar-refractivity contribution in [1.82, 2.24) is 19.6 Å². The molecule has 0 radical (unpaired) electrons. The summed E-state index contributed by atoms with van der Waals surface area (Å²) in [4.78, 5) is 21.1. The van der Waals surface area contributed by atoms with Crippen molar-refractivity contribution in [2.75, 3.05) is 6.79 Å². The van der Waals surface area contributed by atoms with Crippen LogP contribution in [0.2, 0.25) is 0 Å². The number of aromatic nitrogens is 4. The van der Waals surface area contributed by atoms with Gasteiger partial charge >= 0.3 is 0 Å². The SMILES string of the molecule is O=c1cc(-c2ccc3c(c2)OCO3)nc2c(-c3ncco3)c[nH]n12. The quantitative estimate of drug-likeness (QED) is 0.607. The van der Waals surface area contributed by atoms with Crippen LogP contribution in [0.4, 0.5) is 0 Å². The number of nitrogens with one attached hydrogen (secondary N) is 1. The molecular weight excluding hydrogens is 312 g/mol. The standard InChI is InChI=1S/C16H10N4O4/c21-14-6-11(9-1-2-12-13(5-9)24-8-23-12)19-15-10(7-18-20(14)15)16-17-3-4-22-16/h1-7,18H,8H2. The van der Waals surface area contributed by atoms with E-state index in [1.807, 2.05) is 6.07 Å². The van der Waals surface area contributed by atoms with Crippen LogP contribution >= 0.6 is 0 Å². The van der Waals surface area contributed by atoms with Crippen molar-refractivity contribution in [1.29, 1.82) is 0 Å². The van der Waals surface area contributed by atoms with Gasteiger partial charge < -0.3 is 13.9 Å². The Balaban J connectivity index is 1.72. The van der Waals surface area contributed by atoms with E-state index in [-0.39, 0.29) is 12.4 Å². The minimum Gasteiger partial charge on any atom is -0.454 e. The summed E-state index contributed by atoms with van der Waals surface area (Å²) < 4.78 is 17.3. The molecular formula is C16H10N4O4. The molecule has 118 valence electrons. The Morgan fingerprint density at radius 2 is 2.08 bits per heavy atom. The summed E-state index contributed by atoms with van der Waals surface area (Å²) in [6, 6.07) is 6.90. The van der Waals surface area contributed by atoms with Crippen molar-refractivity contribution in [3.63, 3.8) is 0 Å². The van der Waals surface area contributed by atoms with Gasteiger partial charge in [0.1, 0.15) is 6.26 Å². The normalized spacial score (nSPS) is 12.8. The average molecular weight is 322 g/mol. The molecule has 24 heavy (non-hydrogen) atoms. The van der Waals surface area contributed by atoms with Gasteiger partial charge in [0.2, 0.25) is 12.7 Å². The predicted molar refractivity (Wildman–Crippen MR) is 82.9 cm³/mol. The van der Waals surface area contributed by atoms with Gasteiger partial charge in [-0.25, -0.2) is 14.5 Å². The summed E-state index contributed by atoms with van der Waals surface area (Å²) in [5.74, 6) is 1.71. The van der Waals surface area contributed by atoms with Gasteiger partial charge in [-0.3, -0.25) is 9.89 Å². The highest BCUT2D eigenvalue weighted by molar-refractivity contribution is 5.74. The average Bonchev–Trinajstić information content (AvgIpc) is 3.33. The lowest BCUT2D eigenvalue weighted by molar-refractivity contribution is 0.174. The van der Waals surface area contributed by atoms with Gasteiger partial charge in [0.05, 0.1) is 17.5 Å². The Bertz CT molecular complexity index is 1110. The van der Waals surface area contributed by atoms with Crippen LogP contribution in [0.25, 0.3) is 28.4 Å². The molecule has 1 aliphatic heterocycles. The maximum absolute atomic E-state index is 12.4. The van der Waals surface area contributed by atoms with Crippen LogP contribution in [0, 0.1) is 0 Å². The molecule has 1 N–H and O–H groups in total. The number of fused-ring (bicyclic) bond motifs is 2. The molecule has 0 atom stereocenters. The van der Waals surface area contributed by atoms with E-state index in [9.17, 15) is 4.79 Å². The molecule has 0 bridgehead atoms. The molecule has 8 heteroatoms. The van der Waals surface area contributed by atoms with E-state index in [4.69, 9.17) is 13.9 Å². The third kappa shape index (κ3) is 1.83. The van der Waals surface area contributed by atoms with Crippen molar-refractivity contribution in [3.8, 4) is 34.2 Å². The Morgan fingerprint density at radius 1 is 1.17 bits per heavy atom. The number of hydrogen-bond acceptors (Lipinski definition) is 6. The lowest BCUT2D eigenvalue weighted by atomic mass is 10.1. The molecule has 0 fully saturated rings. The van der Waals surface area contributed by atoms with Crippen LogP contribution in [0.1, 0.15) is 0 Å². The number of H-pyrrole nitrogens is 1. The number of hydrogen-bond donors (Lipinski definition) is 1. The number of aromatic amines is 1. The number of nitrogens with zero attached hydrogens (tertiary/aromatic N) is 3. The van der Waals surface area contributed by atoms with E-state index in [1.165, 1.54) is 16.8 Å². The van der Waals surface area contributed by atoms with Crippen LogP contribution in [0.3, 0.4) is 0 Å². The third-order valence-electron chi connectivity index (χ3n) is 3.83. The van der Waals surface area contributed by atoms with Gasteiger partial charge in [0.25, 0.3) is 5.56 Å². The van der Waals surface area contributed by atoms with Crippen LogP contribution < -0.4 is 15.0 Å². The lowest BCUT2D eigenvalue weighted by Gasteiger charge is -2.03. The molecule has 3 aromatic heterocycles. The fourth-order valence-corrected chi connectivity index (χ4v) is 2.70. The van der Waals surface area contributed by atoms with Crippen molar-refractivity contribution in [3.05, 3.63) is 53.3 Å². The Hall–Kier alpha value is -3.55. The van der Waals surface area contributed by atoms with Crippen molar-refractivity contribution in [2.45, 2.75) is 0 Å². The Labute approximate surface area is 134 Å². The zero-order chi connectivity index (χ0) is 16.1. The maximum Gasteiger partial charge on any atom is 0.273 e. The lowest BCUT2D eigenvalue weighted by Crippen LogP contribution is -2.14. The fraction of sp³-hybridized carbons (Fsp3) is 0.0625. The molecule has 1 aromatic carbocycles. The summed E-state index contributed by atoms with van der Waals surface area (Å²) in [5.41, 5.74) is 2.12. The topological polar surface area (TPSA) is 94.7 Å². The van der Waals surface area contributed by atoms with Crippen LogP contribution in [-0.2, 0) is 0 Å². The summed E-state index contributed by atoms with van der Waals surface area (Å²) in [6.07, 6.45) is 4.65. The van der Waals surface area contributed by atoms with Gasteiger partial charge in [-0.2, -0.15) is 0 Å². The number of oxazole rings is 1. The molecule has 1 aliphatic rings. The van der Waals surface area contributed by atoms with Gasteiger partial charge in [0.15, 0.2) is 17.1 Å². The summed E-state index contributed by atoms with van der Waals surface area (Å²) in [7, 11) is 0. The van der Waals surface area contributed by atoms with Gasteiger partial charge in [-0.1, -0.05) is 0 Å². The van der Waals surface area contributed by atoms with Crippen molar-refractivity contribution < 1.29 is 13.9 Å². The van der Waals surface area contributed by atoms with E-state index < -0.39 is 0 Å². The van der Waals surface area contributed by atoms with Crippen molar-refractivity contribution in [2.24, 2.45) is 0 Å². The zero-order valence-electron chi connectivity index (χ0n) is 12.2. The first-order valence-electron chi connectivity index (χ1n) is 7.21. The number of benzene rings is 1. The predicted octanol–water partition coefficient (Wildman–Crippen LogP) is 2.07. The zero-order valence-corrected chi connectivity index (χ0v) is 12.2. The Morgan fingerprint density at radius 3 is 2.96 bits per heavy atom. The first-order chi connectivity index (χ1) is 11.8. The van der Waals surface area contributed by atoms with Crippen molar-refractivity contribution >= 4 is 5.65 Å². The molecule has 5 rings (SSSR count). The first kappa shape index (κ1) is 12.9. The molecule has 0 aliphatic carbocycles. The van der Waals surface area contributed by atoms with E-state index in [0.717, 1.165) is 5.56 Å². The largest absolute Gasteiger partial charge is 0.454 e. The molecule has 0 saturated carbocycles. The van der Waals surface area contributed by atoms with E-state index in [0.29, 0.717) is 34.3 Å². The second kappa shape index (κ2) is 4.72. The second-order valence-electron chi connectivity index (χ2n) is 5.23. The molecule has 4 aromatic rings. The van der Waals surface area contributed by atoms with Gasteiger partial charge in [-0.05, 0) is 18.2 Å². The fourth-order valence-electron chi connectivity index (χ4n) is 2.70. The van der Waals surface area contributed by atoms with E-state index in [2.05, 4.69) is 15.1 Å². The molecule has 0 unspecified atom stereocenters.